The number of H-pyrrole nitrogens is 1. The number of nitrogen functional groups attached to an aromatic ring is 2. The first-order valence-electron chi connectivity index (χ1n) is 3.34. The zero-order valence-electron chi connectivity index (χ0n) is 6.39. The highest BCUT2D eigenvalue weighted by molar-refractivity contribution is 5.68. The van der Waals surface area contributed by atoms with Gasteiger partial charge in [0.25, 0.3) is 0 Å². The molecule has 0 aliphatic carbocycles. The fourth-order valence-corrected chi connectivity index (χ4v) is 1.04. The van der Waals surface area contributed by atoms with Crippen LogP contribution in [0.2, 0.25) is 0 Å². The van der Waals surface area contributed by atoms with Crippen LogP contribution in [0.1, 0.15) is 0 Å². The van der Waals surface area contributed by atoms with Crippen molar-refractivity contribution in [1.29, 1.82) is 0 Å². The molecular formula is C5H6N6O2. The molecule has 0 spiro atoms. The number of nitrogens with one attached hydrogen (secondary N) is 1. The normalized spacial score (nSPS) is 10.8. The van der Waals surface area contributed by atoms with Crippen molar-refractivity contribution >= 4 is 11.2 Å². The molecule has 0 aromatic carbocycles. The highest BCUT2D eigenvalue weighted by atomic mass is 16.2. The lowest BCUT2D eigenvalue weighted by atomic mass is 10.5. The van der Waals surface area contributed by atoms with Crippen LogP contribution in [0.5, 0.6) is 0 Å². The molecule has 8 nitrogen and oxygen atoms in total. The topological polar surface area (TPSA) is 125 Å². The lowest BCUT2D eigenvalue weighted by Crippen LogP contribution is -2.47. The molecule has 0 atom stereocenters. The molecule has 0 fully saturated rings. The molecule has 13 heavy (non-hydrogen) atoms. The zero-order valence-corrected chi connectivity index (χ0v) is 6.39. The third-order valence-corrected chi connectivity index (χ3v) is 1.69. The maximum atomic E-state index is 11.3. The summed E-state index contributed by atoms with van der Waals surface area (Å²) in [5, 5.41) is 0. The molecule has 0 aliphatic rings. The minimum absolute atomic E-state index is 0.0803. The van der Waals surface area contributed by atoms with Gasteiger partial charge in [0, 0.05) is 0 Å². The molecule has 0 saturated carbocycles. The van der Waals surface area contributed by atoms with E-state index in [9.17, 15) is 9.59 Å². The summed E-state index contributed by atoms with van der Waals surface area (Å²) in [6.07, 6.45) is 1.26. The number of hydrogen-bond donors (Lipinski definition) is 3. The van der Waals surface area contributed by atoms with E-state index in [4.69, 9.17) is 11.7 Å². The Morgan fingerprint density at radius 1 is 1.31 bits per heavy atom. The Morgan fingerprint density at radius 2 is 2.00 bits per heavy atom. The van der Waals surface area contributed by atoms with Gasteiger partial charge in [-0.05, 0) is 0 Å². The van der Waals surface area contributed by atoms with Crippen molar-refractivity contribution in [1.82, 2.24) is 19.3 Å². The Hall–Kier alpha value is -2.25. The van der Waals surface area contributed by atoms with Crippen LogP contribution >= 0.6 is 0 Å². The fraction of sp³-hybridized carbons (Fsp3) is 0. The number of nitrogens with two attached hydrogens (primary N) is 2. The lowest BCUT2D eigenvalue weighted by Gasteiger charge is -2.00. The van der Waals surface area contributed by atoms with E-state index in [1.54, 1.807) is 0 Å². The third-order valence-electron chi connectivity index (χ3n) is 1.69. The maximum absolute atomic E-state index is 11.3. The molecule has 2 aromatic heterocycles. The highest BCUT2D eigenvalue weighted by Gasteiger charge is 2.10. The van der Waals surface area contributed by atoms with Crippen molar-refractivity contribution in [2.75, 3.05) is 11.7 Å². The molecule has 2 heterocycles. The minimum atomic E-state index is -0.815. The largest absolute Gasteiger partial charge is 0.370 e. The van der Waals surface area contributed by atoms with E-state index in [0.29, 0.717) is 9.35 Å². The SMILES string of the molecule is Nn1c(=O)c2[nH]cnc2n(N)c1=O. The Balaban J connectivity index is 3.21. The van der Waals surface area contributed by atoms with E-state index in [1.165, 1.54) is 6.33 Å². The van der Waals surface area contributed by atoms with Gasteiger partial charge in [-0.1, -0.05) is 0 Å². The number of aromatic nitrogens is 4. The van der Waals surface area contributed by atoms with Gasteiger partial charge < -0.3 is 16.7 Å². The lowest BCUT2D eigenvalue weighted by molar-refractivity contribution is 0.775. The molecule has 5 N–H and O–H groups in total. The number of rotatable bonds is 0. The molecule has 0 aliphatic heterocycles. The van der Waals surface area contributed by atoms with Crippen LogP contribution in [0.4, 0.5) is 0 Å². The summed E-state index contributed by atoms with van der Waals surface area (Å²) in [7, 11) is 0. The van der Waals surface area contributed by atoms with Gasteiger partial charge in [0.05, 0.1) is 6.33 Å². The first kappa shape index (κ1) is 7.40. The number of imidazole rings is 1. The molecule has 2 rings (SSSR count). The van der Waals surface area contributed by atoms with Crippen molar-refractivity contribution in [2.24, 2.45) is 0 Å². The summed E-state index contributed by atoms with van der Waals surface area (Å²) < 4.78 is 1.12. The van der Waals surface area contributed by atoms with Crippen LogP contribution in [0.15, 0.2) is 15.9 Å². The molecule has 68 valence electrons. The summed E-state index contributed by atoms with van der Waals surface area (Å²) in [5.74, 6) is 10.5. The molecule has 8 heteroatoms. The van der Waals surface area contributed by atoms with Gasteiger partial charge in [0.1, 0.15) is 0 Å². The standard InChI is InChI=1S/C5H6N6O2/c6-10-3-2(8-1-9-3)4(12)11(7)5(10)13/h1H,6-7H2,(H,8,9). The minimum Gasteiger partial charge on any atom is -0.339 e. The Bertz CT molecular complexity index is 575. The maximum Gasteiger partial charge on any atom is 0.370 e. The van der Waals surface area contributed by atoms with E-state index in [2.05, 4.69) is 9.97 Å². The van der Waals surface area contributed by atoms with E-state index >= 15 is 0 Å². The van der Waals surface area contributed by atoms with Crippen LogP contribution < -0.4 is 22.9 Å². The summed E-state index contributed by atoms with van der Waals surface area (Å²) in [4.78, 5) is 28.6. The van der Waals surface area contributed by atoms with Crippen LogP contribution in [-0.4, -0.2) is 19.3 Å². The summed E-state index contributed by atoms with van der Waals surface area (Å²) in [5.41, 5.74) is -1.29. The third kappa shape index (κ3) is 0.760. The van der Waals surface area contributed by atoms with E-state index in [1.807, 2.05) is 0 Å². The second kappa shape index (κ2) is 2.12. The van der Waals surface area contributed by atoms with Crippen molar-refractivity contribution in [3.05, 3.63) is 27.2 Å². The number of fused-ring (bicyclic) bond motifs is 1. The van der Waals surface area contributed by atoms with E-state index in [0.717, 1.165) is 0 Å². The van der Waals surface area contributed by atoms with Gasteiger partial charge in [0.15, 0.2) is 11.2 Å². The van der Waals surface area contributed by atoms with E-state index in [-0.39, 0.29) is 11.2 Å². The summed E-state index contributed by atoms with van der Waals surface area (Å²) in [6.45, 7) is 0. The second-order valence-corrected chi connectivity index (χ2v) is 2.43. The molecule has 0 bridgehead atoms. The van der Waals surface area contributed by atoms with Crippen molar-refractivity contribution in [3.8, 4) is 0 Å². The van der Waals surface area contributed by atoms with Gasteiger partial charge in [-0.25, -0.2) is 9.78 Å². The van der Waals surface area contributed by atoms with Gasteiger partial charge in [-0.3, -0.25) is 4.79 Å². The first-order chi connectivity index (χ1) is 6.13. The molecular weight excluding hydrogens is 176 g/mol. The molecule has 0 unspecified atom stereocenters. The highest BCUT2D eigenvalue weighted by Crippen LogP contribution is 1.95. The monoisotopic (exact) mass is 182 g/mol. The smallest absolute Gasteiger partial charge is 0.339 e. The fourth-order valence-electron chi connectivity index (χ4n) is 1.04. The first-order valence-corrected chi connectivity index (χ1v) is 3.34. The molecule has 0 radical (unpaired) electrons. The predicted octanol–water partition coefficient (Wildman–Crippen LogP) is -2.69. The van der Waals surface area contributed by atoms with Crippen molar-refractivity contribution in [2.45, 2.75) is 0 Å². The van der Waals surface area contributed by atoms with Crippen LogP contribution in [0.3, 0.4) is 0 Å². The number of nitrogens with zero attached hydrogens (tertiary/aromatic N) is 3. The second-order valence-electron chi connectivity index (χ2n) is 2.43. The van der Waals surface area contributed by atoms with Crippen LogP contribution in [-0.2, 0) is 0 Å². The molecule has 0 saturated heterocycles. The van der Waals surface area contributed by atoms with Crippen LogP contribution in [0.25, 0.3) is 11.2 Å². The van der Waals surface area contributed by atoms with E-state index < -0.39 is 11.2 Å². The zero-order chi connectivity index (χ0) is 9.59. The number of hydrogen-bond acceptors (Lipinski definition) is 5. The molecule has 2 aromatic rings. The van der Waals surface area contributed by atoms with Gasteiger partial charge in [0.2, 0.25) is 0 Å². The van der Waals surface area contributed by atoms with Crippen molar-refractivity contribution < 1.29 is 0 Å². The number of aromatic amines is 1. The predicted molar refractivity (Wildman–Crippen MR) is 44.9 cm³/mol. The summed E-state index contributed by atoms with van der Waals surface area (Å²) in [6, 6.07) is 0. The Morgan fingerprint density at radius 3 is 2.69 bits per heavy atom. The van der Waals surface area contributed by atoms with Crippen LogP contribution in [0, 0.1) is 0 Å². The quantitative estimate of drug-likeness (QED) is 0.383. The van der Waals surface area contributed by atoms with Gasteiger partial charge in [-0.15, -0.1) is 0 Å². The van der Waals surface area contributed by atoms with Gasteiger partial charge in [-0.2, -0.15) is 9.35 Å². The summed E-state index contributed by atoms with van der Waals surface area (Å²) >= 11 is 0. The molecule has 0 amide bonds. The van der Waals surface area contributed by atoms with Gasteiger partial charge >= 0.3 is 11.2 Å². The Labute approximate surface area is 70.3 Å². The average molecular weight is 182 g/mol. The Kier molecular flexibility index (Phi) is 1.21. The van der Waals surface area contributed by atoms with Crippen molar-refractivity contribution in [3.63, 3.8) is 0 Å². The average Bonchev–Trinajstić information content (AvgIpc) is 2.59.